The largest absolute Gasteiger partial charge is 0.357 e. The highest BCUT2D eigenvalue weighted by molar-refractivity contribution is 7.92. The molecule has 8 nitrogen and oxygen atoms in total. The molecule has 0 aromatic carbocycles. The lowest BCUT2D eigenvalue weighted by atomic mass is 10.1. The average molecular weight is 371 g/mol. The SMILES string of the molecule is CCNC(=NCCS(=O)(=O)C(C)(C)C)NC1CCCn2nc(C)nc21. The molecule has 142 valence electrons. The maximum atomic E-state index is 12.2. The first-order valence-corrected chi connectivity index (χ1v) is 10.5. The van der Waals surface area contributed by atoms with Gasteiger partial charge < -0.3 is 10.6 Å². The third-order valence-corrected chi connectivity index (χ3v) is 6.78. The van der Waals surface area contributed by atoms with Crippen molar-refractivity contribution in [1.82, 2.24) is 25.4 Å². The van der Waals surface area contributed by atoms with Crippen molar-refractivity contribution in [2.45, 2.75) is 64.8 Å². The molecule has 1 aliphatic rings. The van der Waals surface area contributed by atoms with Crippen molar-refractivity contribution in [1.29, 1.82) is 0 Å². The third-order valence-electron chi connectivity index (χ3n) is 4.20. The second-order valence-corrected chi connectivity index (χ2v) is 10.1. The van der Waals surface area contributed by atoms with Crippen molar-refractivity contribution in [2.24, 2.45) is 4.99 Å². The highest BCUT2D eigenvalue weighted by atomic mass is 32.2. The Hall–Kier alpha value is -1.64. The van der Waals surface area contributed by atoms with Gasteiger partial charge in [0.1, 0.15) is 11.6 Å². The van der Waals surface area contributed by atoms with Gasteiger partial charge in [-0.2, -0.15) is 5.10 Å². The van der Waals surface area contributed by atoms with E-state index in [-0.39, 0.29) is 18.3 Å². The monoisotopic (exact) mass is 370 g/mol. The molecule has 0 spiro atoms. The van der Waals surface area contributed by atoms with E-state index >= 15 is 0 Å². The van der Waals surface area contributed by atoms with Gasteiger partial charge in [0, 0.05) is 13.1 Å². The van der Waals surface area contributed by atoms with Crippen LogP contribution in [0, 0.1) is 6.92 Å². The second-order valence-electron chi connectivity index (χ2n) is 7.27. The van der Waals surface area contributed by atoms with Crippen LogP contribution in [0.25, 0.3) is 0 Å². The predicted molar refractivity (Wildman–Crippen MR) is 99.4 cm³/mol. The third kappa shape index (κ3) is 4.93. The van der Waals surface area contributed by atoms with Crippen LogP contribution in [-0.2, 0) is 16.4 Å². The maximum absolute atomic E-state index is 12.2. The van der Waals surface area contributed by atoms with Crippen molar-refractivity contribution < 1.29 is 8.42 Å². The van der Waals surface area contributed by atoms with Gasteiger partial charge in [0.2, 0.25) is 0 Å². The number of hydrogen-bond acceptors (Lipinski definition) is 5. The molecule has 0 aliphatic carbocycles. The zero-order valence-electron chi connectivity index (χ0n) is 15.8. The number of rotatable bonds is 5. The summed E-state index contributed by atoms with van der Waals surface area (Å²) in [6.07, 6.45) is 1.97. The van der Waals surface area contributed by atoms with Gasteiger partial charge in [0.25, 0.3) is 0 Å². The molecule has 0 radical (unpaired) electrons. The molecule has 2 heterocycles. The smallest absolute Gasteiger partial charge is 0.191 e. The number of sulfone groups is 1. The summed E-state index contributed by atoms with van der Waals surface area (Å²) in [5, 5.41) is 11.0. The number of guanidine groups is 1. The van der Waals surface area contributed by atoms with Gasteiger partial charge >= 0.3 is 0 Å². The van der Waals surface area contributed by atoms with E-state index in [0.29, 0.717) is 12.5 Å². The Morgan fingerprint density at radius 1 is 1.40 bits per heavy atom. The standard InChI is InChI=1S/C16H30N6O2S/c1-6-17-15(18-9-11-25(23,24)16(3,4)5)20-13-8-7-10-22-14(13)19-12(2)21-22/h13H,6-11H2,1-5H3,(H2,17,18,20). The second kappa shape index (κ2) is 7.72. The fraction of sp³-hybridized carbons (Fsp3) is 0.812. The van der Waals surface area contributed by atoms with Crippen molar-refractivity contribution in [3.05, 3.63) is 11.6 Å². The molecule has 0 saturated heterocycles. The predicted octanol–water partition coefficient (Wildman–Crippen LogP) is 1.19. The molecular weight excluding hydrogens is 340 g/mol. The molecule has 1 aliphatic heterocycles. The van der Waals surface area contributed by atoms with Crippen LogP contribution in [0.1, 0.15) is 58.2 Å². The maximum Gasteiger partial charge on any atom is 0.191 e. The fourth-order valence-corrected chi connectivity index (χ4v) is 3.62. The van der Waals surface area contributed by atoms with Crippen LogP contribution in [0.4, 0.5) is 0 Å². The van der Waals surface area contributed by atoms with Gasteiger partial charge in [-0.1, -0.05) is 0 Å². The topological polar surface area (TPSA) is 101 Å². The van der Waals surface area contributed by atoms with Crippen molar-refractivity contribution >= 4 is 15.8 Å². The van der Waals surface area contributed by atoms with Gasteiger partial charge in [-0.15, -0.1) is 0 Å². The Balaban J connectivity index is 2.06. The normalized spacial score (nSPS) is 18.8. The van der Waals surface area contributed by atoms with Crippen LogP contribution in [0.15, 0.2) is 4.99 Å². The van der Waals surface area contributed by atoms with Crippen LogP contribution in [0.3, 0.4) is 0 Å². The van der Waals surface area contributed by atoms with Gasteiger partial charge in [0.05, 0.1) is 23.1 Å². The first-order valence-electron chi connectivity index (χ1n) is 8.82. The van der Waals surface area contributed by atoms with Crippen LogP contribution in [0.2, 0.25) is 0 Å². The van der Waals surface area contributed by atoms with E-state index in [2.05, 4.69) is 25.7 Å². The molecule has 0 bridgehead atoms. The fourth-order valence-electron chi connectivity index (χ4n) is 2.67. The summed E-state index contributed by atoms with van der Waals surface area (Å²) in [6.45, 7) is 10.8. The minimum atomic E-state index is -3.18. The van der Waals surface area contributed by atoms with Gasteiger partial charge in [-0.05, 0) is 47.5 Å². The Morgan fingerprint density at radius 2 is 2.12 bits per heavy atom. The highest BCUT2D eigenvalue weighted by Crippen LogP contribution is 2.22. The molecule has 1 aromatic heterocycles. The molecule has 1 atom stereocenters. The molecule has 1 unspecified atom stereocenters. The number of fused-ring (bicyclic) bond motifs is 1. The van der Waals surface area contributed by atoms with Crippen molar-refractivity contribution in [3.8, 4) is 0 Å². The highest BCUT2D eigenvalue weighted by Gasteiger charge is 2.28. The molecule has 2 rings (SSSR count). The average Bonchev–Trinajstić information content (AvgIpc) is 2.87. The zero-order valence-corrected chi connectivity index (χ0v) is 16.7. The lowest BCUT2D eigenvalue weighted by Crippen LogP contribution is -2.42. The summed E-state index contributed by atoms with van der Waals surface area (Å²) >= 11 is 0. The van der Waals surface area contributed by atoms with Crippen molar-refractivity contribution in [2.75, 3.05) is 18.8 Å². The number of hydrogen-bond donors (Lipinski definition) is 2. The van der Waals surface area contributed by atoms with E-state index in [1.165, 1.54) is 0 Å². The van der Waals surface area contributed by atoms with E-state index in [9.17, 15) is 8.42 Å². The molecule has 2 N–H and O–H groups in total. The first-order chi connectivity index (χ1) is 11.6. The summed E-state index contributed by atoms with van der Waals surface area (Å²) in [6, 6.07) is 0.0342. The Labute approximate surface area is 150 Å². The number of aryl methyl sites for hydroxylation is 2. The molecule has 0 saturated carbocycles. The first kappa shape index (κ1) is 19.7. The summed E-state index contributed by atoms with van der Waals surface area (Å²) in [7, 11) is -3.18. The van der Waals surface area contributed by atoms with Gasteiger partial charge in [-0.3, -0.25) is 4.99 Å². The number of aliphatic imine (C=N–C) groups is 1. The Bertz CT molecular complexity index is 717. The van der Waals surface area contributed by atoms with Crippen LogP contribution in [0.5, 0.6) is 0 Å². The summed E-state index contributed by atoms with van der Waals surface area (Å²) in [4.78, 5) is 8.95. The number of aromatic nitrogens is 3. The van der Waals surface area contributed by atoms with Gasteiger partial charge in [-0.25, -0.2) is 18.1 Å². The lowest BCUT2D eigenvalue weighted by molar-refractivity contribution is 0.398. The molecule has 9 heteroatoms. The minimum absolute atomic E-state index is 0.0342. The van der Waals surface area contributed by atoms with Gasteiger partial charge in [0.15, 0.2) is 15.8 Å². The zero-order chi connectivity index (χ0) is 18.7. The molecule has 0 amide bonds. The minimum Gasteiger partial charge on any atom is -0.357 e. The molecular formula is C16H30N6O2S. The van der Waals surface area contributed by atoms with E-state index < -0.39 is 14.6 Å². The van der Waals surface area contributed by atoms with Crippen LogP contribution in [-0.4, -0.2) is 52.7 Å². The van der Waals surface area contributed by atoms with E-state index in [1.54, 1.807) is 20.8 Å². The summed E-state index contributed by atoms with van der Waals surface area (Å²) < 4.78 is 25.6. The quantitative estimate of drug-likeness (QED) is 0.596. The lowest BCUT2D eigenvalue weighted by Gasteiger charge is -2.25. The summed E-state index contributed by atoms with van der Waals surface area (Å²) in [5.41, 5.74) is 0. The Kier molecular flexibility index (Phi) is 6.08. The molecule has 25 heavy (non-hydrogen) atoms. The van der Waals surface area contributed by atoms with E-state index in [0.717, 1.165) is 31.0 Å². The number of nitrogens with one attached hydrogen (secondary N) is 2. The number of nitrogens with zero attached hydrogens (tertiary/aromatic N) is 4. The van der Waals surface area contributed by atoms with Crippen LogP contribution >= 0.6 is 0 Å². The molecule has 1 aromatic rings. The van der Waals surface area contributed by atoms with Crippen molar-refractivity contribution in [3.63, 3.8) is 0 Å². The van der Waals surface area contributed by atoms with Crippen LogP contribution < -0.4 is 10.6 Å². The Morgan fingerprint density at radius 3 is 2.76 bits per heavy atom. The molecule has 0 fully saturated rings. The summed E-state index contributed by atoms with van der Waals surface area (Å²) in [5.74, 6) is 2.33. The van der Waals surface area contributed by atoms with E-state index in [4.69, 9.17) is 0 Å². The van der Waals surface area contributed by atoms with E-state index in [1.807, 2.05) is 18.5 Å².